The first-order valence-corrected chi connectivity index (χ1v) is 5.70. The van der Waals surface area contributed by atoms with Gasteiger partial charge in [-0.05, 0) is 30.0 Å². The lowest BCUT2D eigenvalue weighted by Gasteiger charge is -2.14. The minimum Gasteiger partial charge on any atom is -0.382 e. The van der Waals surface area contributed by atoms with Gasteiger partial charge in [0.25, 0.3) is 0 Å². The van der Waals surface area contributed by atoms with Crippen LogP contribution >= 0.6 is 0 Å². The van der Waals surface area contributed by atoms with Crippen LogP contribution in [0.5, 0.6) is 0 Å². The van der Waals surface area contributed by atoms with Crippen LogP contribution in [0.1, 0.15) is 18.4 Å². The van der Waals surface area contributed by atoms with Crippen LogP contribution in [0, 0.1) is 0 Å². The van der Waals surface area contributed by atoms with Gasteiger partial charge >= 0.3 is 0 Å². The Labute approximate surface area is 99.8 Å². The molecule has 1 saturated carbocycles. The van der Waals surface area contributed by atoms with Gasteiger partial charge in [0.2, 0.25) is 0 Å². The summed E-state index contributed by atoms with van der Waals surface area (Å²) in [6.45, 7) is 0. The van der Waals surface area contributed by atoms with Crippen molar-refractivity contribution in [3.05, 3.63) is 35.9 Å². The van der Waals surface area contributed by atoms with Gasteiger partial charge in [-0.25, -0.2) is 0 Å². The summed E-state index contributed by atoms with van der Waals surface area (Å²) in [5.74, 6) is 0.512. The summed E-state index contributed by atoms with van der Waals surface area (Å²) < 4.78 is 5.58. The van der Waals surface area contributed by atoms with Gasteiger partial charge in [-0.3, -0.25) is 5.10 Å². The smallest absolute Gasteiger partial charge is 0.145 e. The minimum atomic E-state index is -0.0540. The fraction of sp³-hybridized carbons (Fsp3) is 0.308. The van der Waals surface area contributed by atoms with Gasteiger partial charge in [-0.15, -0.1) is 0 Å². The summed E-state index contributed by atoms with van der Waals surface area (Å²) in [6.07, 6.45) is 2.19. The molecule has 88 valence electrons. The molecule has 2 aromatic rings. The molecule has 3 rings (SSSR count). The van der Waals surface area contributed by atoms with E-state index < -0.39 is 0 Å². The van der Waals surface area contributed by atoms with Crippen LogP contribution < -0.4 is 5.73 Å². The Balaban J connectivity index is 2.00. The van der Waals surface area contributed by atoms with Gasteiger partial charge in [0, 0.05) is 13.2 Å². The summed E-state index contributed by atoms with van der Waals surface area (Å²) in [5, 5.41) is 6.87. The maximum atomic E-state index is 5.61. The predicted octanol–water partition coefficient (Wildman–Crippen LogP) is 2.29. The standard InChI is InChI=1S/C13H15N3O/c1-17-13(5-6-13)10-4-2-3-9(7-10)11-8-12(14)16-15-11/h2-4,7-8H,5-6H2,1H3,(H3,14,15,16). The van der Waals surface area contributed by atoms with Gasteiger partial charge in [-0.2, -0.15) is 5.10 Å². The normalized spacial score (nSPS) is 17.0. The zero-order valence-corrected chi connectivity index (χ0v) is 9.73. The van der Waals surface area contributed by atoms with E-state index in [-0.39, 0.29) is 5.60 Å². The highest BCUT2D eigenvalue weighted by atomic mass is 16.5. The lowest BCUT2D eigenvalue weighted by atomic mass is 10.0. The summed E-state index contributed by atoms with van der Waals surface area (Å²) >= 11 is 0. The number of methoxy groups -OCH3 is 1. The summed E-state index contributed by atoms with van der Waals surface area (Å²) in [6, 6.07) is 10.2. The molecule has 0 spiro atoms. The Morgan fingerprint density at radius 3 is 2.76 bits per heavy atom. The van der Waals surface area contributed by atoms with Crippen molar-refractivity contribution in [1.29, 1.82) is 0 Å². The molecule has 0 bridgehead atoms. The van der Waals surface area contributed by atoms with Gasteiger partial charge < -0.3 is 10.5 Å². The lowest BCUT2D eigenvalue weighted by molar-refractivity contribution is 0.0789. The van der Waals surface area contributed by atoms with Crippen molar-refractivity contribution in [2.75, 3.05) is 12.8 Å². The minimum absolute atomic E-state index is 0.0540. The van der Waals surface area contributed by atoms with E-state index in [4.69, 9.17) is 10.5 Å². The third-order valence-corrected chi connectivity index (χ3v) is 3.39. The molecule has 4 heteroatoms. The molecule has 0 atom stereocenters. The van der Waals surface area contributed by atoms with Crippen molar-refractivity contribution in [2.24, 2.45) is 0 Å². The first-order chi connectivity index (χ1) is 8.23. The Bertz CT molecular complexity index is 543. The fourth-order valence-corrected chi connectivity index (χ4v) is 2.18. The van der Waals surface area contributed by atoms with Crippen molar-refractivity contribution < 1.29 is 4.74 Å². The molecule has 1 aromatic carbocycles. The number of anilines is 1. The number of hydrogen-bond donors (Lipinski definition) is 2. The molecule has 1 heterocycles. The molecule has 17 heavy (non-hydrogen) atoms. The Morgan fingerprint density at radius 2 is 2.18 bits per heavy atom. The molecule has 4 nitrogen and oxygen atoms in total. The number of nitrogen functional groups attached to an aromatic ring is 1. The number of nitrogens with zero attached hydrogens (tertiary/aromatic N) is 1. The van der Waals surface area contributed by atoms with Crippen LogP contribution in [0.4, 0.5) is 5.82 Å². The zero-order chi connectivity index (χ0) is 11.9. The SMILES string of the molecule is COC1(c2cccc(-c3cc(N)n[nH]3)c2)CC1. The predicted molar refractivity (Wildman–Crippen MR) is 66.4 cm³/mol. The number of ether oxygens (including phenoxy) is 1. The van der Waals surface area contributed by atoms with Gasteiger partial charge in [0.1, 0.15) is 5.82 Å². The second kappa shape index (κ2) is 3.60. The number of aromatic amines is 1. The van der Waals surface area contributed by atoms with E-state index in [2.05, 4.69) is 22.3 Å². The van der Waals surface area contributed by atoms with Gasteiger partial charge in [0.15, 0.2) is 0 Å². The second-order valence-corrected chi connectivity index (χ2v) is 4.49. The average molecular weight is 229 g/mol. The Kier molecular flexibility index (Phi) is 2.19. The molecule has 3 N–H and O–H groups in total. The average Bonchev–Trinajstić information content (AvgIpc) is 3.06. The van der Waals surface area contributed by atoms with Crippen molar-refractivity contribution in [3.63, 3.8) is 0 Å². The van der Waals surface area contributed by atoms with E-state index in [1.807, 2.05) is 18.2 Å². The molecule has 0 radical (unpaired) electrons. The summed E-state index contributed by atoms with van der Waals surface area (Å²) in [7, 11) is 1.77. The zero-order valence-electron chi connectivity index (χ0n) is 9.73. The van der Waals surface area contributed by atoms with Crippen LogP contribution in [-0.4, -0.2) is 17.3 Å². The van der Waals surface area contributed by atoms with E-state index in [9.17, 15) is 0 Å². The maximum absolute atomic E-state index is 5.61. The van der Waals surface area contributed by atoms with Crippen molar-refractivity contribution in [1.82, 2.24) is 10.2 Å². The van der Waals surface area contributed by atoms with Crippen LogP contribution in [-0.2, 0) is 10.3 Å². The lowest BCUT2D eigenvalue weighted by Crippen LogP contribution is -2.08. The maximum Gasteiger partial charge on any atom is 0.145 e. The molecule has 1 aliphatic rings. The molecule has 0 amide bonds. The first kappa shape index (κ1) is 10.4. The van der Waals surface area contributed by atoms with E-state index in [1.54, 1.807) is 7.11 Å². The van der Waals surface area contributed by atoms with Crippen LogP contribution in [0.25, 0.3) is 11.3 Å². The third kappa shape index (κ3) is 1.70. The molecule has 1 fully saturated rings. The molecule has 1 aliphatic carbocycles. The Morgan fingerprint density at radius 1 is 1.35 bits per heavy atom. The number of aromatic nitrogens is 2. The molecular formula is C13H15N3O. The highest BCUT2D eigenvalue weighted by molar-refractivity contribution is 5.63. The fourth-order valence-electron chi connectivity index (χ4n) is 2.18. The third-order valence-electron chi connectivity index (χ3n) is 3.39. The highest BCUT2D eigenvalue weighted by Crippen LogP contribution is 2.49. The van der Waals surface area contributed by atoms with E-state index in [0.717, 1.165) is 24.1 Å². The molecular weight excluding hydrogens is 214 g/mol. The summed E-state index contributed by atoms with van der Waals surface area (Å²) in [4.78, 5) is 0. The monoisotopic (exact) mass is 229 g/mol. The van der Waals surface area contributed by atoms with Gasteiger partial charge in [0.05, 0.1) is 11.3 Å². The van der Waals surface area contributed by atoms with Crippen molar-refractivity contribution >= 4 is 5.82 Å². The number of H-pyrrole nitrogens is 1. The Hall–Kier alpha value is -1.81. The number of rotatable bonds is 3. The van der Waals surface area contributed by atoms with Crippen molar-refractivity contribution in [3.8, 4) is 11.3 Å². The largest absolute Gasteiger partial charge is 0.382 e. The quantitative estimate of drug-likeness (QED) is 0.848. The molecule has 1 aromatic heterocycles. The topological polar surface area (TPSA) is 63.9 Å². The van der Waals surface area contributed by atoms with Crippen LogP contribution in [0.3, 0.4) is 0 Å². The molecule has 0 unspecified atom stereocenters. The van der Waals surface area contributed by atoms with Crippen molar-refractivity contribution in [2.45, 2.75) is 18.4 Å². The number of hydrogen-bond acceptors (Lipinski definition) is 3. The second-order valence-electron chi connectivity index (χ2n) is 4.49. The number of nitrogens with two attached hydrogens (primary N) is 1. The first-order valence-electron chi connectivity index (χ1n) is 5.70. The van der Waals surface area contributed by atoms with E-state index in [1.165, 1.54) is 5.56 Å². The van der Waals surface area contributed by atoms with Gasteiger partial charge in [-0.1, -0.05) is 18.2 Å². The van der Waals surface area contributed by atoms with Crippen LogP contribution in [0.15, 0.2) is 30.3 Å². The van der Waals surface area contributed by atoms with Crippen LogP contribution in [0.2, 0.25) is 0 Å². The number of benzene rings is 1. The number of nitrogens with one attached hydrogen (secondary N) is 1. The molecule has 0 aliphatic heterocycles. The highest BCUT2D eigenvalue weighted by Gasteiger charge is 2.44. The van der Waals surface area contributed by atoms with E-state index in [0.29, 0.717) is 5.82 Å². The summed E-state index contributed by atoms with van der Waals surface area (Å²) in [5.41, 5.74) is 8.82. The van der Waals surface area contributed by atoms with E-state index >= 15 is 0 Å². The molecule has 0 saturated heterocycles.